The number of fused-ring (bicyclic) bond motifs is 1. The maximum absolute atomic E-state index is 13.4. The number of piperidine rings is 1. The van der Waals surface area contributed by atoms with Crippen LogP contribution in [0.3, 0.4) is 0 Å². The minimum atomic E-state index is -0.204. The van der Waals surface area contributed by atoms with Crippen LogP contribution in [0.15, 0.2) is 54.6 Å². The van der Waals surface area contributed by atoms with Gasteiger partial charge in [-0.3, -0.25) is 14.6 Å². The van der Waals surface area contributed by atoms with Crippen molar-refractivity contribution in [1.29, 1.82) is 0 Å². The highest BCUT2D eigenvalue weighted by Crippen LogP contribution is 2.25. The Morgan fingerprint density at radius 2 is 1.77 bits per heavy atom. The number of rotatable bonds is 8. The number of likely N-dealkylation sites (N-methyl/N-ethyl adjacent to an activating group) is 1. The van der Waals surface area contributed by atoms with Crippen LogP contribution in [0.2, 0.25) is 0 Å². The van der Waals surface area contributed by atoms with Gasteiger partial charge in [-0.15, -0.1) is 0 Å². The lowest BCUT2D eigenvalue weighted by molar-refractivity contribution is -0.126. The molecule has 0 spiro atoms. The van der Waals surface area contributed by atoms with Gasteiger partial charge in [-0.05, 0) is 87.1 Å². The van der Waals surface area contributed by atoms with E-state index in [2.05, 4.69) is 56.9 Å². The highest BCUT2D eigenvalue weighted by Gasteiger charge is 2.28. The summed E-state index contributed by atoms with van der Waals surface area (Å²) in [5.74, 6) is 0.148. The Bertz CT molecular complexity index is 1130. The molecule has 0 unspecified atom stereocenters. The number of halogens is 1. The van der Waals surface area contributed by atoms with E-state index in [0.717, 1.165) is 64.2 Å². The highest BCUT2D eigenvalue weighted by atomic mass is 19.1. The molecule has 1 aromatic heterocycles. The van der Waals surface area contributed by atoms with E-state index in [9.17, 15) is 9.18 Å². The summed E-state index contributed by atoms with van der Waals surface area (Å²) in [6.07, 6.45) is 4.25. The van der Waals surface area contributed by atoms with Gasteiger partial charge in [-0.2, -0.15) is 0 Å². The number of benzene rings is 2. The molecule has 0 bridgehead atoms. The molecule has 2 aliphatic rings. The van der Waals surface area contributed by atoms with Gasteiger partial charge in [-0.1, -0.05) is 37.3 Å². The number of carbonyl (C=O) groups excluding carboxylic acids is 1. The average Bonchev–Trinajstić information content (AvgIpc) is 3.48. The molecule has 2 fully saturated rings. The van der Waals surface area contributed by atoms with E-state index < -0.39 is 0 Å². The summed E-state index contributed by atoms with van der Waals surface area (Å²) in [7, 11) is 0. The number of nitrogens with one attached hydrogen (secondary N) is 1. The topological polar surface area (TPSA) is 40.5 Å². The van der Waals surface area contributed by atoms with Crippen molar-refractivity contribution in [3.63, 3.8) is 0 Å². The lowest BCUT2D eigenvalue weighted by Crippen LogP contribution is -2.44. The van der Waals surface area contributed by atoms with Crippen LogP contribution in [0.4, 0.5) is 4.39 Å². The molecule has 3 heterocycles. The lowest BCUT2D eigenvalue weighted by atomic mass is 9.95. The van der Waals surface area contributed by atoms with Crippen LogP contribution in [0.1, 0.15) is 43.9 Å². The summed E-state index contributed by atoms with van der Waals surface area (Å²) >= 11 is 0. The summed E-state index contributed by atoms with van der Waals surface area (Å²) in [6.45, 7) is 8.66. The number of nitrogens with zero attached hydrogens (tertiary/aromatic N) is 3. The number of aromatic nitrogens is 1. The zero-order chi connectivity index (χ0) is 24.2. The molecule has 0 aliphatic carbocycles. The number of amides is 1. The Hall–Kier alpha value is -2.70. The minimum absolute atomic E-state index is 0.118. The van der Waals surface area contributed by atoms with Gasteiger partial charge in [0.15, 0.2) is 0 Å². The fraction of sp³-hybridized carbons (Fsp3) is 0.483. The third kappa shape index (κ3) is 5.60. The third-order valence-electron chi connectivity index (χ3n) is 7.91. The van der Waals surface area contributed by atoms with Gasteiger partial charge in [-0.25, -0.2) is 4.39 Å². The normalized spacial score (nSPS) is 20.0. The van der Waals surface area contributed by atoms with E-state index in [0.29, 0.717) is 6.04 Å². The maximum Gasteiger partial charge on any atom is 0.223 e. The molecule has 0 radical (unpaired) electrons. The smallest absolute Gasteiger partial charge is 0.223 e. The second-order valence-corrected chi connectivity index (χ2v) is 10.1. The van der Waals surface area contributed by atoms with Crippen LogP contribution in [0.25, 0.3) is 10.9 Å². The molecule has 1 atom stereocenters. The van der Waals surface area contributed by atoms with Crippen LogP contribution in [-0.4, -0.2) is 59.0 Å². The molecule has 6 heteroatoms. The second kappa shape index (κ2) is 10.9. The fourth-order valence-corrected chi connectivity index (χ4v) is 5.85. The number of carbonyl (C=O) groups is 1. The molecule has 1 amide bonds. The number of likely N-dealkylation sites (tertiary alicyclic amines) is 2. The fourth-order valence-electron chi connectivity index (χ4n) is 5.85. The van der Waals surface area contributed by atoms with E-state index >= 15 is 0 Å². The standard InChI is InChI=1S/C29H37FN4O/c1-2-33-15-5-7-26(33)19-31-29(35)23-13-16-32(17-14-23)21-27-18-24-6-3-4-8-28(24)34(27)20-22-9-11-25(30)12-10-22/h3-4,6,8-12,18,23,26H,2,5,7,13-17,19-21H2,1H3,(H,31,35)/t26-/m1/s1. The van der Waals surface area contributed by atoms with Crippen LogP contribution < -0.4 is 5.32 Å². The predicted molar refractivity (Wildman–Crippen MR) is 139 cm³/mol. The van der Waals surface area contributed by atoms with Crippen molar-refractivity contribution < 1.29 is 9.18 Å². The molecular formula is C29H37FN4O. The van der Waals surface area contributed by atoms with E-state index in [1.807, 2.05) is 12.1 Å². The second-order valence-electron chi connectivity index (χ2n) is 10.1. The Morgan fingerprint density at radius 1 is 1.00 bits per heavy atom. The summed E-state index contributed by atoms with van der Waals surface area (Å²) in [4.78, 5) is 17.8. The van der Waals surface area contributed by atoms with Crippen molar-refractivity contribution in [2.24, 2.45) is 5.92 Å². The molecule has 2 aromatic carbocycles. The average molecular weight is 477 g/mol. The summed E-state index contributed by atoms with van der Waals surface area (Å²) in [5, 5.41) is 4.48. The Labute approximate surface area is 207 Å². The molecular weight excluding hydrogens is 439 g/mol. The zero-order valence-corrected chi connectivity index (χ0v) is 20.8. The molecule has 2 saturated heterocycles. The monoisotopic (exact) mass is 476 g/mol. The molecule has 2 aliphatic heterocycles. The SMILES string of the molecule is CCN1CCC[C@@H]1CNC(=O)C1CCN(Cc2cc3ccccc3n2Cc2ccc(F)cc2)CC1. The van der Waals surface area contributed by atoms with E-state index in [1.54, 1.807) is 0 Å². The first-order valence-corrected chi connectivity index (χ1v) is 13.2. The van der Waals surface area contributed by atoms with Crippen LogP contribution in [0, 0.1) is 11.7 Å². The summed E-state index contributed by atoms with van der Waals surface area (Å²) < 4.78 is 15.8. The van der Waals surface area contributed by atoms with E-state index in [-0.39, 0.29) is 17.6 Å². The van der Waals surface area contributed by atoms with Crippen LogP contribution in [0.5, 0.6) is 0 Å². The van der Waals surface area contributed by atoms with Gasteiger partial charge in [0.1, 0.15) is 5.82 Å². The van der Waals surface area contributed by atoms with E-state index in [1.165, 1.54) is 41.6 Å². The van der Waals surface area contributed by atoms with Gasteiger partial charge >= 0.3 is 0 Å². The Morgan fingerprint density at radius 3 is 2.54 bits per heavy atom. The van der Waals surface area contributed by atoms with Crippen molar-refractivity contribution >= 4 is 16.8 Å². The number of hydrogen-bond donors (Lipinski definition) is 1. The largest absolute Gasteiger partial charge is 0.354 e. The Balaban J connectivity index is 1.20. The van der Waals surface area contributed by atoms with Crippen LogP contribution in [-0.2, 0) is 17.9 Å². The van der Waals surface area contributed by atoms with Crippen molar-refractivity contribution in [2.45, 2.75) is 51.7 Å². The summed E-state index contributed by atoms with van der Waals surface area (Å²) in [5.41, 5.74) is 3.56. The van der Waals surface area contributed by atoms with Gasteiger partial charge in [0, 0.05) is 42.8 Å². The third-order valence-corrected chi connectivity index (χ3v) is 7.91. The molecule has 1 N–H and O–H groups in total. The first-order valence-electron chi connectivity index (χ1n) is 13.2. The van der Waals surface area contributed by atoms with Crippen molar-refractivity contribution in [3.8, 4) is 0 Å². The number of para-hydroxylation sites is 1. The lowest BCUT2D eigenvalue weighted by Gasteiger charge is -2.32. The molecule has 5 rings (SSSR count). The van der Waals surface area contributed by atoms with Crippen molar-refractivity contribution in [2.75, 3.05) is 32.7 Å². The molecule has 5 nitrogen and oxygen atoms in total. The number of hydrogen-bond acceptors (Lipinski definition) is 3. The zero-order valence-electron chi connectivity index (χ0n) is 20.8. The Kier molecular flexibility index (Phi) is 7.49. The first kappa shape index (κ1) is 24.0. The molecule has 186 valence electrons. The summed E-state index contributed by atoms with van der Waals surface area (Å²) in [6, 6.07) is 18.0. The van der Waals surface area contributed by atoms with E-state index in [4.69, 9.17) is 0 Å². The van der Waals surface area contributed by atoms with Gasteiger partial charge in [0.05, 0.1) is 0 Å². The minimum Gasteiger partial charge on any atom is -0.354 e. The van der Waals surface area contributed by atoms with Gasteiger partial charge in [0.25, 0.3) is 0 Å². The molecule has 35 heavy (non-hydrogen) atoms. The van der Waals surface area contributed by atoms with Gasteiger partial charge < -0.3 is 9.88 Å². The quantitative estimate of drug-likeness (QED) is 0.515. The first-order chi connectivity index (χ1) is 17.1. The van der Waals surface area contributed by atoms with Crippen LogP contribution >= 0.6 is 0 Å². The van der Waals surface area contributed by atoms with Crippen molar-refractivity contribution in [1.82, 2.24) is 19.7 Å². The predicted octanol–water partition coefficient (Wildman–Crippen LogP) is 4.64. The van der Waals surface area contributed by atoms with Gasteiger partial charge in [0.2, 0.25) is 5.91 Å². The highest BCUT2D eigenvalue weighted by molar-refractivity contribution is 5.81. The molecule has 3 aromatic rings. The molecule has 0 saturated carbocycles. The van der Waals surface area contributed by atoms with Crippen molar-refractivity contribution in [3.05, 3.63) is 71.7 Å². The maximum atomic E-state index is 13.4.